The molecule has 1 aromatic rings. The van der Waals surface area contributed by atoms with Gasteiger partial charge in [0.1, 0.15) is 0 Å². The second-order valence-corrected chi connectivity index (χ2v) is 3.47. The van der Waals surface area contributed by atoms with E-state index in [9.17, 15) is 0 Å². The van der Waals surface area contributed by atoms with Crippen molar-refractivity contribution in [3.8, 4) is 0 Å². The van der Waals surface area contributed by atoms with Gasteiger partial charge >= 0.3 is 0 Å². The molecule has 0 radical (unpaired) electrons. The molecule has 0 unspecified atom stereocenters. The lowest BCUT2D eigenvalue weighted by atomic mass is 10.0. The van der Waals surface area contributed by atoms with Crippen molar-refractivity contribution >= 4 is 11.1 Å². The van der Waals surface area contributed by atoms with E-state index >= 15 is 0 Å². The number of hydrogen-bond acceptors (Lipinski definition) is 2. The molecular formula is C15H17NO. The zero-order valence-corrected chi connectivity index (χ0v) is 9.76. The second-order valence-electron chi connectivity index (χ2n) is 3.47. The third-order valence-electron chi connectivity index (χ3n) is 2.47. The Bertz CT molecular complexity index is 452. The molecule has 0 saturated heterocycles. The van der Waals surface area contributed by atoms with Crippen LogP contribution in [0, 0.1) is 0 Å². The molecular weight excluding hydrogens is 210 g/mol. The Morgan fingerprint density at radius 3 is 1.88 bits per heavy atom. The van der Waals surface area contributed by atoms with Crippen molar-refractivity contribution in [2.45, 2.75) is 0 Å². The van der Waals surface area contributed by atoms with Crippen LogP contribution in [0.3, 0.4) is 0 Å². The zero-order valence-electron chi connectivity index (χ0n) is 9.76. The molecule has 0 bridgehead atoms. The van der Waals surface area contributed by atoms with Crippen LogP contribution in [0.2, 0.25) is 0 Å². The van der Waals surface area contributed by atoms with Crippen molar-refractivity contribution in [3.05, 3.63) is 73.0 Å². The molecule has 1 aromatic carbocycles. The molecule has 17 heavy (non-hydrogen) atoms. The Morgan fingerprint density at radius 2 is 1.53 bits per heavy atom. The summed E-state index contributed by atoms with van der Waals surface area (Å²) in [4.78, 5) is 0. The summed E-state index contributed by atoms with van der Waals surface area (Å²) in [6.45, 7) is 7.88. The Kier molecular flexibility index (Phi) is 4.98. The summed E-state index contributed by atoms with van der Waals surface area (Å²) in [7, 11) is 0. The average molecular weight is 227 g/mol. The van der Waals surface area contributed by atoms with Gasteiger partial charge in [0.05, 0.1) is 6.26 Å². The molecule has 0 spiro atoms. The largest absolute Gasteiger partial charge is 0.515 e. The van der Waals surface area contributed by atoms with Crippen molar-refractivity contribution in [1.29, 1.82) is 0 Å². The topological polar surface area (TPSA) is 46.2 Å². The Hall–Kier alpha value is -2.06. The van der Waals surface area contributed by atoms with Crippen molar-refractivity contribution in [1.82, 2.24) is 0 Å². The van der Waals surface area contributed by atoms with Crippen LogP contribution in [0.4, 0.5) is 0 Å². The van der Waals surface area contributed by atoms with Gasteiger partial charge in [0.25, 0.3) is 0 Å². The molecule has 0 aliphatic rings. The normalized spacial score (nSPS) is 12.3. The summed E-state index contributed by atoms with van der Waals surface area (Å²) < 4.78 is 0. The minimum Gasteiger partial charge on any atom is -0.515 e. The minimum atomic E-state index is 0.484. The number of rotatable bonds is 5. The van der Waals surface area contributed by atoms with Crippen molar-refractivity contribution in [2.75, 3.05) is 6.54 Å². The standard InChI is InChI=1S/C15H17NO/c1-3-12(9-10-16)14-5-7-15(8-6-14)13(4-2)11-17/h3-9,11,17H,1-2,10,16H2/b12-9+,13-11+. The fourth-order valence-corrected chi connectivity index (χ4v) is 1.55. The summed E-state index contributed by atoms with van der Waals surface area (Å²) in [6, 6.07) is 7.77. The summed E-state index contributed by atoms with van der Waals surface area (Å²) in [5, 5.41) is 9.01. The van der Waals surface area contributed by atoms with Crippen molar-refractivity contribution < 1.29 is 5.11 Å². The van der Waals surface area contributed by atoms with E-state index in [0.717, 1.165) is 23.0 Å². The number of aliphatic hydroxyl groups is 1. The van der Waals surface area contributed by atoms with E-state index in [4.69, 9.17) is 10.8 Å². The lowest BCUT2D eigenvalue weighted by Crippen LogP contribution is -1.95. The highest BCUT2D eigenvalue weighted by atomic mass is 16.2. The van der Waals surface area contributed by atoms with Crippen LogP contribution in [0.15, 0.2) is 61.9 Å². The first-order valence-corrected chi connectivity index (χ1v) is 5.37. The van der Waals surface area contributed by atoms with Crippen LogP contribution in [0.25, 0.3) is 11.1 Å². The molecule has 0 saturated carbocycles. The van der Waals surface area contributed by atoms with Crippen LogP contribution >= 0.6 is 0 Å². The van der Waals surface area contributed by atoms with Crippen LogP contribution in [0.1, 0.15) is 11.1 Å². The number of allylic oxidation sites excluding steroid dienone is 4. The Labute approximate surface area is 102 Å². The van der Waals surface area contributed by atoms with Crippen molar-refractivity contribution in [2.24, 2.45) is 5.73 Å². The molecule has 2 heteroatoms. The van der Waals surface area contributed by atoms with Gasteiger partial charge in [-0.15, -0.1) is 0 Å². The quantitative estimate of drug-likeness (QED) is 0.599. The smallest absolute Gasteiger partial charge is 0.0869 e. The van der Waals surface area contributed by atoms with E-state index in [1.54, 1.807) is 12.2 Å². The maximum Gasteiger partial charge on any atom is 0.0869 e. The number of benzene rings is 1. The zero-order chi connectivity index (χ0) is 12.7. The van der Waals surface area contributed by atoms with E-state index in [0.29, 0.717) is 12.1 Å². The predicted molar refractivity (Wildman–Crippen MR) is 74.5 cm³/mol. The van der Waals surface area contributed by atoms with E-state index in [2.05, 4.69) is 13.2 Å². The van der Waals surface area contributed by atoms with Gasteiger partial charge in [0.2, 0.25) is 0 Å². The lowest BCUT2D eigenvalue weighted by molar-refractivity contribution is 0.476. The highest BCUT2D eigenvalue weighted by Gasteiger charge is 2.00. The first-order valence-electron chi connectivity index (χ1n) is 5.37. The van der Waals surface area contributed by atoms with Gasteiger partial charge in [-0.05, 0) is 16.7 Å². The summed E-state index contributed by atoms with van der Waals surface area (Å²) in [5.41, 5.74) is 9.15. The molecule has 0 amide bonds. The SMILES string of the molecule is C=C/C(=C\O)c1ccc(/C(C=C)=C/CN)cc1. The molecule has 0 aliphatic heterocycles. The van der Waals surface area contributed by atoms with E-state index in [1.807, 2.05) is 30.3 Å². The maximum atomic E-state index is 9.01. The first kappa shape index (κ1) is 13.0. The predicted octanol–water partition coefficient (Wildman–Crippen LogP) is 3.30. The van der Waals surface area contributed by atoms with Gasteiger partial charge in [0, 0.05) is 12.1 Å². The van der Waals surface area contributed by atoms with E-state index < -0.39 is 0 Å². The van der Waals surface area contributed by atoms with Gasteiger partial charge in [0.15, 0.2) is 0 Å². The molecule has 0 aromatic heterocycles. The van der Waals surface area contributed by atoms with E-state index in [-0.39, 0.29) is 0 Å². The highest BCUT2D eigenvalue weighted by molar-refractivity contribution is 5.77. The summed E-state index contributed by atoms with van der Waals surface area (Å²) in [5.74, 6) is 0. The second kappa shape index (κ2) is 6.51. The molecule has 0 heterocycles. The van der Waals surface area contributed by atoms with Crippen LogP contribution < -0.4 is 5.73 Å². The van der Waals surface area contributed by atoms with Gasteiger partial charge in [-0.3, -0.25) is 0 Å². The fraction of sp³-hybridized carbons (Fsp3) is 0.0667. The highest BCUT2D eigenvalue weighted by Crippen LogP contribution is 2.20. The van der Waals surface area contributed by atoms with Crippen LogP contribution in [-0.4, -0.2) is 11.7 Å². The summed E-state index contributed by atoms with van der Waals surface area (Å²) in [6.07, 6.45) is 6.35. The Balaban J connectivity index is 3.07. The third-order valence-corrected chi connectivity index (χ3v) is 2.47. The number of hydrogen-bond donors (Lipinski definition) is 2. The van der Waals surface area contributed by atoms with Gasteiger partial charge in [-0.25, -0.2) is 0 Å². The Morgan fingerprint density at radius 1 is 1.06 bits per heavy atom. The van der Waals surface area contributed by atoms with Crippen molar-refractivity contribution in [3.63, 3.8) is 0 Å². The molecule has 0 atom stereocenters. The van der Waals surface area contributed by atoms with Gasteiger partial charge in [-0.1, -0.05) is 55.7 Å². The molecule has 0 aliphatic carbocycles. The number of nitrogens with two attached hydrogens (primary N) is 1. The molecule has 88 valence electrons. The fourth-order valence-electron chi connectivity index (χ4n) is 1.55. The molecule has 0 fully saturated rings. The lowest BCUT2D eigenvalue weighted by Gasteiger charge is -2.05. The molecule has 1 rings (SSSR count). The van der Waals surface area contributed by atoms with E-state index in [1.165, 1.54) is 0 Å². The van der Waals surface area contributed by atoms with Crippen LogP contribution in [0.5, 0.6) is 0 Å². The molecule has 2 nitrogen and oxygen atoms in total. The molecule has 3 N–H and O–H groups in total. The van der Waals surface area contributed by atoms with Crippen LogP contribution in [-0.2, 0) is 0 Å². The number of aliphatic hydroxyl groups excluding tert-OH is 1. The van der Waals surface area contributed by atoms with Gasteiger partial charge < -0.3 is 10.8 Å². The monoisotopic (exact) mass is 227 g/mol. The maximum absolute atomic E-state index is 9.01. The first-order chi connectivity index (χ1) is 8.26. The van der Waals surface area contributed by atoms with Gasteiger partial charge in [-0.2, -0.15) is 0 Å². The third kappa shape index (κ3) is 3.20. The average Bonchev–Trinajstić information content (AvgIpc) is 2.38. The summed E-state index contributed by atoms with van der Waals surface area (Å²) >= 11 is 0. The minimum absolute atomic E-state index is 0.484.